The Morgan fingerprint density at radius 2 is 1.03 bits per heavy atom. The van der Waals surface area contributed by atoms with Crippen LogP contribution in [0.25, 0.3) is 33.7 Å². The van der Waals surface area contributed by atoms with Gasteiger partial charge < -0.3 is 19.1 Å². The zero-order chi connectivity index (χ0) is 22.4. The summed E-state index contributed by atoms with van der Waals surface area (Å²) in [6.45, 7) is 4.27. The van der Waals surface area contributed by atoms with E-state index in [-0.39, 0.29) is 21.1 Å². The van der Waals surface area contributed by atoms with E-state index in [9.17, 15) is 0 Å². The molecule has 2 aromatic carbocycles. The smallest absolute Gasteiger partial charge is 0.411 e. The molecule has 0 fully saturated rings. The number of para-hydroxylation sites is 4. The van der Waals surface area contributed by atoms with Gasteiger partial charge in [0, 0.05) is 29.5 Å². The number of hydrogen-bond donors (Lipinski definition) is 0. The van der Waals surface area contributed by atoms with Gasteiger partial charge in [0.2, 0.25) is 0 Å². The number of fused-ring (bicyclic) bond motifs is 2. The zero-order valence-electron chi connectivity index (χ0n) is 18.6. The van der Waals surface area contributed by atoms with Gasteiger partial charge in [0.1, 0.15) is 0 Å². The van der Waals surface area contributed by atoms with Crippen LogP contribution in [0.3, 0.4) is 0 Å². The molecule has 0 aliphatic heterocycles. The van der Waals surface area contributed by atoms with E-state index >= 15 is 0 Å². The van der Waals surface area contributed by atoms with Gasteiger partial charge in [0.15, 0.2) is 0 Å². The molecule has 0 aliphatic rings. The summed E-state index contributed by atoms with van der Waals surface area (Å²) >= 11 is 0. The Bertz CT molecular complexity index is 1490. The molecule has 0 bridgehead atoms. The van der Waals surface area contributed by atoms with E-state index in [0.717, 1.165) is 45.1 Å². The maximum Gasteiger partial charge on any atom is 2.00 e. The fourth-order valence-corrected chi connectivity index (χ4v) is 4.08. The summed E-state index contributed by atoms with van der Waals surface area (Å²) in [6, 6.07) is 28.0. The Balaban J connectivity index is 0.00000241. The Hall–Kier alpha value is -3.63. The molecule has 0 unspecified atom stereocenters. The minimum Gasteiger partial charge on any atom is -0.411 e. The second kappa shape index (κ2) is 8.62. The van der Waals surface area contributed by atoms with Crippen molar-refractivity contribution in [2.75, 3.05) is 0 Å². The van der Waals surface area contributed by atoms with E-state index in [0.29, 0.717) is 0 Å². The van der Waals surface area contributed by atoms with Gasteiger partial charge in [0.25, 0.3) is 0 Å². The van der Waals surface area contributed by atoms with E-state index in [1.54, 1.807) is 0 Å². The molecule has 6 rings (SSSR count). The number of imidazole rings is 2. The fourth-order valence-electron chi connectivity index (χ4n) is 4.08. The van der Waals surface area contributed by atoms with Crippen molar-refractivity contribution in [3.8, 4) is 11.6 Å². The average Bonchev–Trinajstić information content (AvgIpc) is 3.49. The van der Waals surface area contributed by atoms with Gasteiger partial charge in [-0.15, -0.1) is 0 Å². The van der Waals surface area contributed by atoms with Crippen LogP contribution in [0.5, 0.6) is 0 Å². The summed E-state index contributed by atoms with van der Waals surface area (Å²) in [5.74, 6) is 1.55. The number of nitrogens with zero attached hydrogens (tertiary/aromatic N) is 6. The normalized spacial score (nSPS) is 11.6. The molecule has 0 atom stereocenters. The zero-order valence-corrected chi connectivity index (χ0v) is 20.9. The molecule has 6 aromatic rings. The molecule has 0 spiro atoms. The summed E-state index contributed by atoms with van der Waals surface area (Å²) < 4.78 is 3.79. The Labute approximate surface area is 211 Å². The molecular formula is C27H20N6Pt. The second-order valence-corrected chi connectivity index (χ2v) is 8.46. The predicted octanol–water partition coefficient (Wildman–Crippen LogP) is 5.08. The van der Waals surface area contributed by atoms with Crippen LogP contribution < -0.4 is 0 Å². The first kappa shape index (κ1) is 22.2. The molecule has 4 aromatic heterocycles. The minimum absolute atomic E-state index is 0. The number of aromatic nitrogens is 6. The van der Waals surface area contributed by atoms with E-state index in [1.807, 2.05) is 94.1 Å². The first-order valence-electron chi connectivity index (χ1n) is 10.8. The molecule has 168 valence electrons. The quantitative estimate of drug-likeness (QED) is 0.257. The molecule has 4 heterocycles. The molecule has 0 N–H and O–H groups in total. The maximum absolute atomic E-state index is 4.98. The average molecular weight is 624 g/mol. The first-order valence-corrected chi connectivity index (χ1v) is 10.8. The SMILES string of the molecule is CC(C)(c1cccc(-n2[c-]nc3ccccc32)n1)c1cccc(-n2[c-]nc3ccccc32)n1.[Pt+2]. The summed E-state index contributed by atoms with van der Waals surface area (Å²) in [5, 5.41) is 0. The molecule has 0 amide bonds. The Morgan fingerprint density at radius 1 is 0.588 bits per heavy atom. The standard InChI is InChI=1S/C27H20N6.Pt/c1-27(2,23-13-7-15-25(30-23)32-17-28-19-9-3-5-11-21(19)32)24-14-8-16-26(31-24)33-18-29-20-10-4-6-12-22(20)33;/h3-16H,1-2H3;/q-2;+2. The van der Waals surface area contributed by atoms with Gasteiger partial charge in [-0.05, 0) is 37.0 Å². The summed E-state index contributed by atoms with van der Waals surface area (Å²) in [4.78, 5) is 18.7. The summed E-state index contributed by atoms with van der Waals surface area (Å²) in [5.41, 5.74) is 5.12. The van der Waals surface area contributed by atoms with E-state index in [4.69, 9.17) is 9.97 Å². The van der Waals surface area contributed by atoms with Crippen molar-refractivity contribution in [2.24, 2.45) is 0 Å². The molecule has 34 heavy (non-hydrogen) atoms. The predicted molar refractivity (Wildman–Crippen MR) is 128 cm³/mol. The molecular weight excluding hydrogens is 603 g/mol. The maximum atomic E-state index is 4.98. The van der Waals surface area contributed by atoms with Crippen LogP contribution in [0.15, 0.2) is 84.9 Å². The van der Waals surface area contributed by atoms with Crippen LogP contribution in [-0.4, -0.2) is 29.1 Å². The summed E-state index contributed by atoms with van der Waals surface area (Å²) in [7, 11) is 0. The third-order valence-electron chi connectivity index (χ3n) is 5.99. The number of hydrogen-bond acceptors (Lipinski definition) is 4. The monoisotopic (exact) mass is 623 g/mol. The van der Waals surface area contributed by atoms with Gasteiger partial charge in [-0.3, -0.25) is 9.97 Å². The number of pyridine rings is 2. The van der Waals surface area contributed by atoms with E-state index in [1.165, 1.54) is 0 Å². The van der Waals surface area contributed by atoms with E-state index in [2.05, 4.69) is 36.5 Å². The Kier molecular flexibility index (Phi) is 5.62. The van der Waals surface area contributed by atoms with Crippen LogP contribution >= 0.6 is 0 Å². The molecule has 0 radical (unpaired) electrons. The Morgan fingerprint density at radius 3 is 1.50 bits per heavy atom. The first-order chi connectivity index (χ1) is 16.1. The molecule has 0 saturated carbocycles. The van der Waals surface area contributed by atoms with Gasteiger partial charge >= 0.3 is 21.1 Å². The fraction of sp³-hybridized carbons (Fsp3) is 0.111. The molecule has 6 nitrogen and oxygen atoms in total. The van der Waals surface area contributed by atoms with Crippen molar-refractivity contribution >= 4 is 22.1 Å². The van der Waals surface area contributed by atoms with Crippen molar-refractivity contribution in [2.45, 2.75) is 19.3 Å². The van der Waals surface area contributed by atoms with Crippen LogP contribution in [0, 0.1) is 12.7 Å². The van der Waals surface area contributed by atoms with E-state index < -0.39 is 5.41 Å². The van der Waals surface area contributed by atoms with Crippen molar-refractivity contribution in [1.82, 2.24) is 29.1 Å². The third kappa shape index (κ3) is 3.64. The van der Waals surface area contributed by atoms with Crippen molar-refractivity contribution in [3.05, 3.63) is 109 Å². The second-order valence-electron chi connectivity index (χ2n) is 8.46. The van der Waals surface area contributed by atoms with Crippen LogP contribution in [-0.2, 0) is 26.5 Å². The minimum atomic E-state index is -0.432. The van der Waals surface area contributed by atoms with Gasteiger partial charge in [-0.25, -0.2) is 0 Å². The largest absolute Gasteiger partial charge is 2.00 e. The van der Waals surface area contributed by atoms with Crippen molar-refractivity contribution in [1.29, 1.82) is 0 Å². The van der Waals surface area contributed by atoms with Gasteiger partial charge in [0.05, 0.1) is 11.6 Å². The topological polar surface area (TPSA) is 61.4 Å². The number of benzene rings is 2. The number of rotatable bonds is 4. The van der Waals surface area contributed by atoms with Crippen molar-refractivity contribution < 1.29 is 21.1 Å². The molecule has 0 saturated heterocycles. The van der Waals surface area contributed by atoms with Crippen molar-refractivity contribution in [3.63, 3.8) is 0 Å². The van der Waals surface area contributed by atoms with Gasteiger partial charge in [-0.2, -0.15) is 0 Å². The van der Waals surface area contributed by atoms with Crippen LogP contribution in [0.2, 0.25) is 0 Å². The van der Waals surface area contributed by atoms with Crippen LogP contribution in [0.4, 0.5) is 0 Å². The van der Waals surface area contributed by atoms with Gasteiger partial charge in [-0.1, -0.05) is 83.8 Å². The third-order valence-corrected chi connectivity index (χ3v) is 5.99. The summed E-state index contributed by atoms with van der Waals surface area (Å²) in [6.07, 6.45) is 6.13. The molecule has 7 heteroatoms. The van der Waals surface area contributed by atoms with Crippen LogP contribution in [0.1, 0.15) is 25.2 Å². The molecule has 0 aliphatic carbocycles.